The molecule has 1 aromatic carbocycles. The van der Waals surface area contributed by atoms with E-state index in [1.807, 2.05) is 31.2 Å². The van der Waals surface area contributed by atoms with Gasteiger partial charge >= 0.3 is 0 Å². The fourth-order valence-electron chi connectivity index (χ4n) is 2.44. The van der Waals surface area contributed by atoms with E-state index in [0.717, 1.165) is 36.8 Å². The van der Waals surface area contributed by atoms with Gasteiger partial charge in [-0.2, -0.15) is 0 Å². The monoisotopic (exact) mass is 262 g/mol. The number of nitrogens with one attached hydrogen (secondary N) is 1. The van der Waals surface area contributed by atoms with Gasteiger partial charge in [-0.15, -0.1) is 0 Å². The Balaban J connectivity index is 1.90. The molecule has 104 valence electrons. The first-order chi connectivity index (χ1) is 9.06. The lowest BCUT2D eigenvalue weighted by Gasteiger charge is -2.27. The van der Waals surface area contributed by atoms with Crippen molar-refractivity contribution in [3.8, 4) is 0 Å². The standard InChI is InChI=1S/C15H22N2O2/c1-10-2-4-11(5-3-10)14(16)15(19)17-12-6-8-13(18)9-7-12/h2-5,12-14,18H,6-9,16H2,1H3,(H,17,19). The molecule has 0 saturated heterocycles. The number of carbonyl (C=O) groups excluding carboxylic acids is 1. The maximum atomic E-state index is 12.1. The van der Waals surface area contributed by atoms with Crippen LogP contribution >= 0.6 is 0 Å². The molecule has 4 N–H and O–H groups in total. The summed E-state index contributed by atoms with van der Waals surface area (Å²) in [6.45, 7) is 2.00. The number of aryl methyl sites for hydroxylation is 1. The van der Waals surface area contributed by atoms with Crippen LogP contribution in [0.1, 0.15) is 42.9 Å². The molecule has 4 heteroatoms. The lowest BCUT2D eigenvalue weighted by Crippen LogP contribution is -2.43. The molecular formula is C15H22N2O2. The molecule has 1 aliphatic carbocycles. The molecule has 0 aliphatic heterocycles. The van der Waals surface area contributed by atoms with Crippen molar-refractivity contribution in [1.29, 1.82) is 0 Å². The Bertz CT molecular complexity index is 422. The molecule has 2 rings (SSSR count). The van der Waals surface area contributed by atoms with Gasteiger partial charge in [-0.3, -0.25) is 4.79 Å². The Morgan fingerprint density at radius 1 is 1.26 bits per heavy atom. The van der Waals surface area contributed by atoms with Crippen LogP contribution in [0.25, 0.3) is 0 Å². The topological polar surface area (TPSA) is 75.4 Å². The van der Waals surface area contributed by atoms with Crippen LogP contribution in [-0.4, -0.2) is 23.2 Å². The van der Waals surface area contributed by atoms with Crippen LogP contribution in [0, 0.1) is 6.92 Å². The molecule has 1 amide bonds. The minimum absolute atomic E-state index is 0.134. The number of hydrogen-bond donors (Lipinski definition) is 3. The van der Waals surface area contributed by atoms with Gasteiger partial charge in [0.2, 0.25) is 5.91 Å². The summed E-state index contributed by atoms with van der Waals surface area (Å²) in [7, 11) is 0. The highest BCUT2D eigenvalue weighted by Crippen LogP contribution is 2.19. The van der Waals surface area contributed by atoms with E-state index in [2.05, 4.69) is 5.32 Å². The Labute approximate surface area is 114 Å². The Morgan fingerprint density at radius 2 is 1.84 bits per heavy atom. The fourth-order valence-corrected chi connectivity index (χ4v) is 2.44. The quantitative estimate of drug-likeness (QED) is 0.771. The largest absolute Gasteiger partial charge is 0.393 e. The third kappa shape index (κ3) is 3.78. The number of aliphatic hydroxyl groups excluding tert-OH is 1. The number of hydrogen-bond acceptors (Lipinski definition) is 3. The molecule has 1 aromatic rings. The van der Waals surface area contributed by atoms with E-state index >= 15 is 0 Å². The number of benzene rings is 1. The summed E-state index contributed by atoms with van der Waals surface area (Å²) >= 11 is 0. The first kappa shape index (κ1) is 14.0. The molecule has 1 unspecified atom stereocenters. The SMILES string of the molecule is Cc1ccc(C(N)C(=O)NC2CCC(O)CC2)cc1. The smallest absolute Gasteiger partial charge is 0.241 e. The fraction of sp³-hybridized carbons (Fsp3) is 0.533. The van der Waals surface area contributed by atoms with E-state index in [1.54, 1.807) is 0 Å². The summed E-state index contributed by atoms with van der Waals surface area (Å²) in [5.74, 6) is -0.134. The maximum absolute atomic E-state index is 12.1. The highest BCUT2D eigenvalue weighted by Gasteiger charge is 2.23. The highest BCUT2D eigenvalue weighted by atomic mass is 16.3. The molecule has 1 aliphatic rings. The minimum atomic E-state index is -0.618. The zero-order valence-electron chi connectivity index (χ0n) is 11.3. The molecule has 1 fully saturated rings. The van der Waals surface area contributed by atoms with Crippen LogP contribution in [0.5, 0.6) is 0 Å². The Morgan fingerprint density at radius 3 is 2.42 bits per heavy atom. The predicted octanol–water partition coefficient (Wildman–Crippen LogP) is 1.41. The number of nitrogens with two attached hydrogens (primary N) is 1. The van der Waals surface area contributed by atoms with Crippen molar-refractivity contribution in [3.63, 3.8) is 0 Å². The molecule has 1 saturated carbocycles. The van der Waals surface area contributed by atoms with Crippen molar-refractivity contribution in [1.82, 2.24) is 5.32 Å². The van der Waals surface area contributed by atoms with Crippen molar-refractivity contribution in [2.45, 2.75) is 50.8 Å². The van der Waals surface area contributed by atoms with Crippen molar-refractivity contribution >= 4 is 5.91 Å². The van der Waals surface area contributed by atoms with Gasteiger partial charge < -0.3 is 16.2 Å². The summed E-state index contributed by atoms with van der Waals surface area (Å²) in [5, 5.41) is 12.4. The lowest BCUT2D eigenvalue weighted by atomic mass is 9.92. The third-order valence-electron chi connectivity index (χ3n) is 3.76. The molecule has 0 radical (unpaired) electrons. The van der Waals surface area contributed by atoms with Gasteiger partial charge in [0.25, 0.3) is 0 Å². The average molecular weight is 262 g/mol. The molecule has 0 heterocycles. The number of amides is 1. The van der Waals surface area contributed by atoms with Gasteiger partial charge in [-0.25, -0.2) is 0 Å². The second kappa shape index (κ2) is 6.17. The van der Waals surface area contributed by atoms with E-state index in [9.17, 15) is 9.90 Å². The minimum Gasteiger partial charge on any atom is -0.393 e. The van der Waals surface area contributed by atoms with Gasteiger partial charge in [-0.1, -0.05) is 29.8 Å². The molecule has 0 spiro atoms. The predicted molar refractivity (Wildman–Crippen MR) is 74.5 cm³/mol. The molecule has 1 atom stereocenters. The van der Waals surface area contributed by atoms with Crippen LogP contribution in [0.4, 0.5) is 0 Å². The van der Waals surface area contributed by atoms with Crippen LogP contribution in [-0.2, 0) is 4.79 Å². The zero-order chi connectivity index (χ0) is 13.8. The van der Waals surface area contributed by atoms with Crippen molar-refractivity contribution in [3.05, 3.63) is 35.4 Å². The normalized spacial score (nSPS) is 24.8. The third-order valence-corrected chi connectivity index (χ3v) is 3.76. The van der Waals surface area contributed by atoms with Crippen LogP contribution in [0.2, 0.25) is 0 Å². The lowest BCUT2D eigenvalue weighted by molar-refractivity contribution is -0.123. The van der Waals surface area contributed by atoms with Gasteiger partial charge in [-0.05, 0) is 38.2 Å². The van der Waals surface area contributed by atoms with Gasteiger partial charge in [0.05, 0.1) is 6.10 Å². The van der Waals surface area contributed by atoms with Crippen LogP contribution < -0.4 is 11.1 Å². The molecule has 19 heavy (non-hydrogen) atoms. The number of carbonyl (C=O) groups is 1. The van der Waals surface area contributed by atoms with Gasteiger partial charge in [0.1, 0.15) is 6.04 Å². The van der Waals surface area contributed by atoms with Gasteiger partial charge in [0, 0.05) is 6.04 Å². The van der Waals surface area contributed by atoms with Crippen molar-refractivity contribution in [2.24, 2.45) is 5.73 Å². The second-order valence-electron chi connectivity index (χ2n) is 5.40. The van der Waals surface area contributed by atoms with Crippen molar-refractivity contribution in [2.75, 3.05) is 0 Å². The van der Waals surface area contributed by atoms with E-state index < -0.39 is 6.04 Å². The van der Waals surface area contributed by atoms with Crippen LogP contribution in [0.15, 0.2) is 24.3 Å². The van der Waals surface area contributed by atoms with E-state index in [0.29, 0.717) is 0 Å². The number of aliphatic hydroxyl groups is 1. The summed E-state index contributed by atoms with van der Waals surface area (Å²) in [6.07, 6.45) is 2.95. The molecule has 0 aromatic heterocycles. The molecular weight excluding hydrogens is 240 g/mol. The van der Waals surface area contributed by atoms with E-state index in [1.165, 1.54) is 0 Å². The molecule has 4 nitrogen and oxygen atoms in total. The Hall–Kier alpha value is -1.39. The summed E-state index contributed by atoms with van der Waals surface area (Å²) in [6, 6.07) is 7.23. The highest BCUT2D eigenvalue weighted by molar-refractivity contribution is 5.83. The molecule has 0 bridgehead atoms. The number of rotatable bonds is 3. The average Bonchev–Trinajstić information content (AvgIpc) is 2.41. The van der Waals surface area contributed by atoms with E-state index in [-0.39, 0.29) is 18.1 Å². The Kier molecular flexibility index (Phi) is 4.56. The summed E-state index contributed by atoms with van der Waals surface area (Å²) < 4.78 is 0. The first-order valence-corrected chi connectivity index (χ1v) is 6.87. The van der Waals surface area contributed by atoms with Gasteiger partial charge in [0.15, 0.2) is 0 Å². The summed E-state index contributed by atoms with van der Waals surface area (Å²) in [5.41, 5.74) is 7.95. The summed E-state index contributed by atoms with van der Waals surface area (Å²) in [4.78, 5) is 12.1. The van der Waals surface area contributed by atoms with E-state index in [4.69, 9.17) is 5.73 Å². The second-order valence-corrected chi connectivity index (χ2v) is 5.40. The van der Waals surface area contributed by atoms with Crippen LogP contribution in [0.3, 0.4) is 0 Å². The first-order valence-electron chi connectivity index (χ1n) is 6.87. The zero-order valence-corrected chi connectivity index (χ0v) is 11.3. The maximum Gasteiger partial charge on any atom is 0.241 e. The van der Waals surface area contributed by atoms with Crippen molar-refractivity contribution < 1.29 is 9.90 Å².